The molecule has 0 bridgehead atoms. The van der Waals surface area contributed by atoms with Crippen molar-refractivity contribution in [2.75, 3.05) is 6.26 Å². The summed E-state index contributed by atoms with van der Waals surface area (Å²) in [5, 5.41) is 3.57. The summed E-state index contributed by atoms with van der Waals surface area (Å²) >= 11 is 3.74. The molecule has 0 nitrogen and oxygen atoms in total. The van der Waals surface area contributed by atoms with Crippen molar-refractivity contribution in [2.24, 2.45) is 0 Å². The average molecular weight is 296 g/mol. The van der Waals surface area contributed by atoms with Crippen molar-refractivity contribution in [3.63, 3.8) is 0 Å². The quantitative estimate of drug-likeness (QED) is 0.624. The highest BCUT2D eigenvalue weighted by molar-refractivity contribution is 8.02. The predicted octanol–water partition coefficient (Wildman–Crippen LogP) is 5.98. The maximum atomic E-state index is 2.40. The van der Waals surface area contributed by atoms with Gasteiger partial charge < -0.3 is 0 Å². The zero-order valence-electron chi connectivity index (χ0n) is 11.6. The van der Waals surface area contributed by atoms with Gasteiger partial charge in [0.05, 0.1) is 0 Å². The largest absolute Gasteiger partial charge is 0.143 e. The van der Waals surface area contributed by atoms with E-state index in [1.165, 1.54) is 37.3 Å². The molecule has 2 aliphatic rings. The van der Waals surface area contributed by atoms with E-state index in [2.05, 4.69) is 55.0 Å². The van der Waals surface area contributed by atoms with E-state index < -0.39 is 0 Å². The Labute approximate surface area is 127 Å². The van der Waals surface area contributed by atoms with Crippen LogP contribution in [0, 0.1) is 0 Å². The molecule has 1 aromatic carbocycles. The third-order valence-electron chi connectivity index (χ3n) is 4.36. The van der Waals surface area contributed by atoms with E-state index in [1.54, 1.807) is 0 Å². The number of hydrogen-bond donors (Lipinski definition) is 0. The molecule has 100 valence electrons. The molecular formula is C18H16S2. The van der Waals surface area contributed by atoms with Crippen LogP contribution < -0.4 is 0 Å². The summed E-state index contributed by atoms with van der Waals surface area (Å²) < 4.78 is 1.44. The fourth-order valence-electron chi connectivity index (χ4n) is 3.38. The number of allylic oxidation sites excluding steroid dienone is 4. The van der Waals surface area contributed by atoms with Gasteiger partial charge in [-0.15, -0.1) is 23.1 Å². The number of thioether (sulfide) groups is 1. The second kappa shape index (κ2) is 4.64. The molecule has 0 N–H and O–H groups in total. The second-order valence-corrected chi connectivity index (χ2v) is 7.14. The third-order valence-corrected chi connectivity index (χ3v) is 6.29. The molecule has 0 radical (unpaired) electrons. The Morgan fingerprint density at radius 1 is 1.20 bits per heavy atom. The molecule has 1 aromatic heterocycles. The SMILES string of the molecule is CSC1=C2C=Cc3c(ccc4ccsc34)C2CC=C1C. The van der Waals surface area contributed by atoms with Crippen LogP contribution in [-0.2, 0) is 0 Å². The highest BCUT2D eigenvalue weighted by Crippen LogP contribution is 2.47. The van der Waals surface area contributed by atoms with Gasteiger partial charge in [0, 0.05) is 15.5 Å². The first-order chi connectivity index (χ1) is 9.79. The smallest absolute Gasteiger partial charge is 0.0418 e. The summed E-state index contributed by atoms with van der Waals surface area (Å²) in [6.07, 6.45) is 10.4. The van der Waals surface area contributed by atoms with Gasteiger partial charge in [-0.05, 0) is 58.7 Å². The number of thiophene rings is 1. The minimum Gasteiger partial charge on any atom is -0.143 e. The standard InChI is InChI=1S/C18H16S2/c1-11-3-5-13-14-6-4-12-9-10-20-18(12)16(14)8-7-15(13)17(11)19-2/h3-4,6-10,13H,5H2,1-2H3. The van der Waals surface area contributed by atoms with Crippen molar-refractivity contribution in [1.29, 1.82) is 0 Å². The fourth-order valence-corrected chi connectivity index (χ4v) is 5.17. The predicted molar refractivity (Wildman–Crippen MR) is 92.5 cm³/mol. The van der Waals surface area contributed by atoms with Crippen LogP contribution in [0.15, 0.2) is 51.8 Å². The van der Waals surface area contributed by atoms with Crippen LogP contribution in [0.5, 0.6) is 0 Å². The minimum atomic E-state index is 0.549. The molecule has 2 aliphatic carbocycles. The highest BCUT2D eigenvalue weighted by Gasteiger charge is 2.27. The number of fused-ring (bicyclic) bond motifs is 5. The first-order valence-electron chi connectivity index (χ1n) is 6.93. The maximum absolute atomic E-state index is 2.40. The second-order valence-electron chi connectivity index (χ2n) is 5.40. The lowest BCUT2D eigenvalue weighted by atomic mass is 9.78. The molecule has 1 atom stereocenters. The molecule has 2 aromatic rings. The van der Waals surface area contributed by atoms with Crippen LogP contribution in [0.1, 0.15) is 30.4 Å². The molecule has 0 amide bonds. The van der Waals surface area contributed by atoms with E-state index in [-0.39, 0.29) is 0 Å². The fraction of sp³-hybridized carbons (Fsp3) is 0.222. The Kier molecular flexibility index (Phi) is 2.90. The molecule has 0 spiro atoms. The van der Waals surface area contributed by atoms with Crippen LogP contribution >= 0.6 is 23.1 Å². The molecule has 0 aliphatic heterocycles. The molecule has 4 rings (SSSR count). The van der Waals surface area contributed by atoms with Crippen molar-refractivity contribution in [1.82, 2.24) is 0 Å². The Balaban J connectivity index is 1.97. The van der Waals surface area contributed by atoms with Crippen molar-refractivity contribution >= 4 is 39.3 Å². The lowest BCUT2D eigenvalue weighted by Crippen LogP contribution is -2.11. The first-order valence-corrected chi connectivity index (χ1v) is 9.03. The molecule has 20 heavy (non-hydrogen) atoms. The third kappa shape index (κ3) is 1.68. The van der Waals surface area contributed by atoms with E-state index in [0.29, 0.717) is 5.92 Å². The summed E-state index contributed by atoms with van der Waals surface area (Å²) in [4.78, 5) is 1.47. The summed E-state index contributed by atoms with van der Waals surface area (Å²) in [5.41, 5.74) is 5.90. The van der Waals surface area contributed by atoms with Crippen LogP contribution in [0.4, 0.5) is 0 Å². The minimum absolute atomic E-state index is 0.549. The number of hydrogen-bond acceptors (Lipinski definition) is 2. The van der Waals surface area contributed by atoms with Crippen LogP contribution in [0.2, 0.25) is 0 Å². The highest BCUT2D eigenvalue weighted by atomic mass is 32.2. The van der Waals surface area contributed by atoms with E-state index in [1.807, 2.05) is 23.1 Å². The lowest BCUT2D eigenvalue weighted by molar-refractivity contribution is 0.802. The van der Waals surface area contributed by atoms with Gasteiger partial charge in [0.1, 0.15) is 0 Å². The Morgan fingerprint density at radius 3 is 2.95 bits per heavy atom. The normalized spacial score (nSPS) is 20.9. The summed E-state index contributed by atoms with van der Waals surface area (Å²) in [6.45, 7) is 2.24. The summed E-state index contributed by atoms with van der Waals surface area (Å²) in [7, 11) is 0. The Hall–Kier alpha value is -1.25. The molecule has 0 saturated heterocycles. The van der Waals surface area contributed by atoms with E-state index >= 15 is 0 Å². The monoisotopic (exact) mass is 296 g/mol. The Morgan fingerprint density at radius 2 is 2.10 bits per heavy atom. The van der Waals surface area contributed by atoms with E-state index in [9.17, 15) is 0 Å². The van der Waals surface area contributed by atoms with Gasteiger partial charge >= 0.3 is 0 Å². The maximum Gasteiger partial charge on any atom is 0.0418 e. The molecular weight excluding hydrogens is 280 g/mol. The topological polar surface area (TPSA) is 0 Å². The van der Waals surface area contributed by atoms with Crippen LogP contribution in [-0.4, -0.2) is 6.26 Å². The van der Waals surface area contributed by atoms with Gasteiger partial charge in [-0.25, -0.2) is 0 Å². The van der Waals surface area contributed by atoms with Gasteiger partial charge in [0.2, 0.25) is 0 Å². The lowest BCUT2D eigenvalue weighted by Gasteiger charge is -2.30. The van der Waals surface area contributed by atoms with Crippen molar-refractivity contribution < 1.29 is 0 Å². The molecule has 1 unspecified atom stereocenters. The van der Waals surface area contributed by atoms with Gasteiger partial charge in [-0.1, -0.05) is 30.4 Å². The van der Waals surface area contributed by atoms with Crippen molar-refractivity contribution in [3.8, 4) is 0 Å². The van der Waals surface area contributed by atoms with Gasteiger partial charge in [0.15, 0.2) is 0 Å². The zero-order valence-corrected chi connectivity index (χ0v) is 13.3. The van der Waals surface area contributed by atoms with E-state index in [4.69, 9.17) is 0 Å². The summed E-state index contributed by atoms with van der Waals surface area (Å²) in [5.74, 6) is 0.549. The average Bonchev–Trinajstić information content (AvgIpc) is 2.95. The first kappa shape index (κ1) is 12.5. The summed E-state index contributed by atoms with van der Waals surface area (Å²) in [6, 6.07) is 6.84. The zero-order chi connectivity index (χ0) is 13.7. The van der Waals surface area contributed by atoms with Gasteiger partial charge in [0.25, 0.3) is 0 Å². The van der Waals surface area contributed by atoms with Crippen molar-refractivity contribution in [2.45, 2.75) is 19.3 Å². The van der Waals surface area contributed by atoms with Gasteiger partial charge in [-0.3, -0.25) is 0 Å². The number of benzene rings is 1. The van der Waals surface area contributed by atoms with Crippen LogP contribution in [0.3, 0.4) is 0 Å². The molecule has 0 saturated carbocycles. The molecule has 0 fully saturated rings. The Bertz CT molecular complexity index is 787. The number of rotatable bonds is 1. The molecule has 2 heteroatoms. The van der Waals surface area contributed by atoms with Gasteiger partial charge in [-0.2, -0.15) is 0 Å². The van der Waals surface area contributed by atoms with Crippen molar-refractivity contribution in [3.05, 3.63) is 62.9 Å². The molecule has 1 heterocycles. The van der Waals surface area contributed by atoms with E-state index in [0.717, 1.165) is 6.42 Å². The van der Waals surface area contributed by atoms with Crippen LogP contribution in [0.25, 0.3) is 16.2 Å².